The molecule has 0 fully saturated rings. The molecule has 0 spiro atoms. The highest BCUT2D eigenvalue weighted by Gasteiger charge is 2.23. The predicted octanol–water partition coefficient (Wildman–Crippen LogP) is 2.97. The van der Waals surface area contributed by atoms with E-state index in [1.807, 2.05) is 6.07 Å². The van der Waals surface area contributed by atoms with Crippen LogP contribution in [0.4, 0.5) is 5.82 Å². The van der Waals surface area contributed by atoms with Gasteiger partial charge in [0.1, 0.15) is 5.82 Å². The van der Waals surface area contributed by atoms with Gasteiger partial charge >= 0.3 is 0 Å². The summed E-state index contributed by atoms with van der Waals surface area (Å²) in [6.07, 6.45) is 0. The number of amides is 1. The number of likely N-dealkylation sites (N-methyl/N-ethyl adjacent to an activating group) is 1. The molecular formula is C20H18ClN5O3S. The van der Waals surface area contributed by atoms with Gasteiger partial charge in [-0.05, 0) is 49.4 Å². The number of nitrogens with one attached hydrogen (secondary N) is 1. The quantitative estimate of drug-likeness (QED) is 0.630. The number of sulfonamides is 1. The SMILES string of the molecule is Cc1cc(NC(=O)CN(C)S(=O)(=O)c2ccc(C#N)cc2)n(-c2cccc(Cl)c2)n1. The molecule has 0 aliphatic heterocycles. The van der Waals surface area contributed by atoms with Crippen LogP contribution in [0.2, 0.25) is 5.02 Å². The summed E-state index contributed by atoms with van der Waals surface area (Å²) >= 11 is 6.04. The second-order valence-corrected chi connectivity index (χ2v) is 8.99. The van der Waals surface area contributed by atoms with Crippen molar-refractivity contribution in [1.82, 2.24) is 14.1 Å². The zero-order chi connectivity index (χ0) is 21.9. The third-order valence-corrected chi connectivity index (χ3v) is 6.26. The van der Waals surface area contributed by atoms with Gasteiger partial charge in [0.05, 0.1) is 34.5 Å². The molecule has 10 heteroatoms. The lowest BCUT2D eigenvalue weighted by atomic mass is 10.2. The van der Waals surface area contributed by atoms with E-state index in [-0.39, 0.29) is 4.90 Å². The van der Waals surface area contributed by atoms with Crippen molar-refractivity contribution in [1.29, 1.82) is 5.26 Å². The van der Waals surface area contributed by atoms with Gasteiger partial charge in [0, 0.05) is 18.1 Å². The molecule has 0 atom stereocenters. The molecular weight excluding hydrogens is 426 g/mol. The Kier molecular flexibility index (Phi) is 6.22. The van der Waals surface area contributed by atoms with E-state index in [1.54, 1.807) is 37.3 Å². The zero-order valence-electron chi connectivity index (χ0n) is 16.2. The molecule has 3 aromatic rings. The number of benzene rings is 2. The summed E-state index contributed by atoms with van der Waals surface area (Å²) in [5.74, 6) is -0.137. The van der Waals surface area contributed by atoms with Crippen LogP contribution < -0.4 is 5.32 Å². The smallest absolute Gasteiger partial charge is 0.243 e. The molecule has 0 aliphatic carbocycles. The van der Waals surface area contributed by atoms with Crippen LogP contribution in [0.5, 0.6) is 0 Å². The van der Waals surface area contributed by atoms with Gasteiger partial charge in [0.15, 0.2) is 0 Å². The maximum absolute atomic E-state index is 12.7. The fraction of sp³-hybridized carbons (Fsp3) is 0.150. The van der Waals surface area contributed by atoms with Crippen LogP contribution in [-0.4, -0.2) is 42.0 Å². The molecule has 1 amide bonds. The van der Waals surface area contributed by atoms with Crippen molar-refractivity contribution in [2.45, 2.75) is 11.8 Å². The molecule has 8 nitrogen and oxygen atoms in total. The molecule has 2 aromatic carbocycles. The number of carbonyl (C=O) groups excluding carboxylic acids is 1. The summed E-state index contributed by atoms with van der Waals surface area (Å²) in [4.78, 5) is 12.5. The Hall–Kier alpha value is -3.19. The summed E-state index contributed by atoms with van der Waals surface area (Å²) in [6.45, 7) is 1.38. The van der Waals surface area contributed by atoms with Crippen molar-refractivity contribution in [3.8, 4) is 11.8 Å². The molecule has 0 unspecified atom stereocenters. The average molecular weight is 444 g/mol. The molecule has 1 heterocycles. The van der Waals surface area contributed by atoms with Crippen LogP contribution in [0, 0.1) is 18.3 Å². The lowest BCUT2D eigenvalue weighted by Crippen LogP contribution is -2.35. The lowest BCUT2D eigenvalue weighted by Gasteiger charge is -2.17. The Balaban J connectivity index is 1.76. The molecule has 1 aromatic heterocycles. The molecule has 1 N–H and O–H groups in total. The third-order valence-electron chi connectivity index (χ3n) is 4.21. The summed E-state index contributed by atoms with van der Waals surface area (Å²) in [7, 11) is -2.58. The first-order valence-corrected chi connectivity index (χ1v) is 10.6. The van der Waals surface area contributed by atoms with E-state index in [2.05, 4.69) is 10.4 Å². The largest absolute Gasteiger partial charge is 0.309 e. The van der Waals surface area contributed by atoms with Gasteiger partial charge in [-0.15, -0.1) is 0 Å². The molecule has 154 valence electrons. The molecule has 0 bridgehead atoms. The van der Waals surface area contributed by atoms with Gasteiger partial charge in [0.2, 0.25) is 15.9 Å². The number of aromatic nitrogens is 2. The number of carbonyl (C=O) groups is 1. The lowest BCUT2D eigenvalue weighted by molar-refractivity contribution is -0.116. The minimum atomic E-state index is -3.89. The maximum Gasteiger partial charge on any atom is 0.243 e. The highest BCUT2D eigenvalue weighted by Crippen LogP contribution is 2.20. The molecule has 30 heavy (non-hydrogen) atoms. The van der Waals surface area contributed by atoms with Crippen LogP contribution in [0.3, 0.4) is 0 Å². The van der Waals surface area contributed by atoms with E-state index in [1.165, 1.54) is 36.0 Å². The summed E-state index contributed by atoms with van der Waals surface area (Å²) in [5, 5.41) is 16.4. The fourth-order valence-electron chi connectivity index (χ4n) is 2.74. The number of nitriles is 1. The Bertz CT molecular complexity index is 1230. The minimum Gasteiger partial charge on any atom is -0.309 e. The van der Waals surface area contributed by atoms with Crippen molar-refractivity contribution in [2.24, 2.45) is 0 Å². The second kappa shape index (κ2) is 8.67. The van der Waals surface area contributed by atoms with Crippen LogP contribution in [0.1, 0.15) is 11.3 Å². The van der Waals surface area contributed by atoms with Crippen LogP contribution in [-0.2, 0) is 14.8 Å². The number of anilines is 1. The Morgan fingerprint density at radius 1 is 1.23 bits per heavy atom. The first-order chi connectivity index (χ1) is 14.2. The first kappa shape index (κ1) is 21.5. The number of hydrogen-bond donors (Lipinski definition) is 1. The Morgan fingerprint density at radius 3 is 2.57 bits per heavy atom. The van der Waals surface area contributed by atoms with E-state index < -0.39 is 22.5 Å². The van der Waals surface area contributed by atoms with Gasteiger partial charge in [-0.3, -0.25) is 4.79 Å². The second-order valence-electron chi connectivity index (χ2n) is 6.51. The van der Waals surface area contributed by atoms with E-state index >= 15 is 0 Å². The van der Waals surface area contributed by atoms with Crippen molar-refractivity contribution >= 4 is 33.3 Å². The number of rotatable bonds is 6. The maximum atomic E-state index is 12.7. The average Bonchev–Trinajstić information content (AvgIpc) is 3.07. The summed E-state index contributed by atoms with van der Waals surface area (Å²) in [6, 6.07) is 16.1. The standard InChI is InChI=1S/C20H18ClN5O3S/c1-14-10-19(26(24-14)17-5-3-4-16(21)11-17)23-20(27)13-25(2)30(28,29)18-8-6-15(12-22)7-9-18/h3-11H,13H2,1-2H3,(H,23,27). The normalized spacial score (nSPS) is 11.3. The van der Waals surface area contributed by atoms with Gasteiger partial charge in [0.25, 0.3) is 0 Å². The van der Waals surface area contributed by atoms with Gasteiger partial charge in [-0.1, -0.05) is 17.7 Å². The van der Waals surface area contributed by atoms with E-state index in [0.717, 1.165) is 4.31 Å². The first-order valence-electron chi connectivity index (χ1n) is 8.79. The topological polar surface area (TPSA) is 108 Å². The van der Waals surface area contributed by atoms with E-state index in [9.17, 15) is 13.2 Å². The minimum absolute atomic E-state index is 0.00314. The van der Waals surface area contributed by atoms with E-state index in [0.29, 0.717) is 27.8 Å². The summed E-state index contributed by atoms with van der Waals surface area (Å²) < 4.78 is 27.8. The van der Waals surface area contributed by atoms with Crippen molar-refractivity contribution < 1.29 is 13.2 Å². The number of halogens is 1. The predicted molar refractivity (Wildman–Crippen MR) is 113 cm³/mol. The van der Waals surface area contributed by atoms with E-state index in [4.69, 9.17) is 16.9 Å². The molecule has 3 rings (SSSR count). The monoisotopic (exact) mass is 443 g/mol. The molecule has 0 aliphatic rings. The Morgan fingerprint density at radius 2 is 1.93 bits per heavy atom. The molecule has 0 saturated heterocycles. The highest BCUT2D eigenvalue weighted by atomic mass is 35.5. The highest BCUT2D eigenvalue weighted by molar-refractivity contribution is 7.89. The van der Waals surface area contributed by atoms with Gasteiger partial charge in [-0.25, -0.2) is 13.1 Å². The zero-order valence-corrected chi connectivity index (χ0v) is 17.8. The van der Waals surface area contributed by atoms with Crippen molar-refractivity contribution in [2.75, 3.05) is 18.9 Å². The fourth-order valence-corrected chi connectivity index (χ4v) is 4.06. The Labute approximate surface area is 179 Å². The number of hydrogen-bond acceptors (Lipinski definition) is 5. The van der Waals surface area contributed by atoms with Crippen molar-refractivity contribution in [3.63, 3.8) is 0 Å². The van der Waals surface area contributed by atoms with Crippen LogP contribution >= 0.6 is 11.6 Å². The number of nitrogens with zero attached hydrogens (tertiary/aromatic N) is 4. The van der Waals surface area contributed by atoms with Crippen LogP contribution in [0.15, 0.2) is 59.5 Å². The van der Waals surface area contributed by atoms with Gasteiger partial charge in [-0.2, -0.15) is 14.7 Å². The summed E-state index contributed by atoms with van der Waals surface area (Å²) in [5.41, 5.74) is 1.67. The third kappa shape index (κ3) is 4.68. The molecule has 0 radical (unpaired) electrons. The van der Waals surface area contributed by atoms with Crippen LogP contribution in [0.25, 0.3) is 5.69 Å². The van der Waals surface area contributed by atoms with Crippen molar-refractivity contribution in [3.05, 3.63) is 70.9 Å². The molecule has 0 saturated carbocycles. The van der Waals surface area contributed by atoms with Gasteiger partial charge < -0.3 is 5.32 Å². The number of aryl methyl sites for hydroxylation is 1.